The first-order valence-corrected chi connectivity index (χ1v) is 11.9. The van der Waals surface area contributed by atoms with Crippen LogP contribution in [0, 0.1) is 6.92 Å². The van der Waals surface area contributed by atoms with E-state index < -0.39 is 5.92 Å². The molecule has 0 radical (unpaired) electrons. The fraction of sp³-hybridized carbons (Fsp3) is 0.0968. The topological polar surface area (TPSA) is 59.0 Å². The highest BCUT2D eigenvalue weighted by Crippen LogP contribution is 2.38. The second-order valence-corrected chi connectivity index (χ2v) is 8.68. The quantitative estimate of drug-likeness (QED) is 0.269. The lowest BCUT2D eigenvalue weighted by Crippen LogP contribution is -2.30. The Bertz CT molecular complexity index is 1470. The van der Waals surface area contributed by atoms with E-state index in [1.54, 1.807) is 12.4 Å². The first kappa shape index (κ1) is 23.1. The SMILES string of the molecule is Cc1cc(-c2ccc(N(C(=O)C(C)c3cncnc3)c3ccccc3-c3ccccc3)cc2)ccn1. The van der Waals surface area contributed by atoms with Crippen LogP contribution in [0.15, 0.2) is 116 Å². The van der Waals surface area contributed by atoms with Gasteiger partial charge in [-0.3, -0.25) is 14.7 Å². The first-order valence-electron chi connectivity index (χ1n) is 11.9. The largest absolute Gasteiger partial charge is 0.280 e. The molecule has 3 aromatic carbocycles. The van der Waals surface area contributed by atoms with Gasteiger partial charge in [-0.1, -0.05) is 60.7 Å². The highest BCUT2D eigenvalue weighted by molar-refractivity contribution is 6.07. The number of hydrogen-bond acceptors (Lipinski definition) is 4. The van der Waals surface area contributed by atoms with E-state index in [9.17, 15) is 4.79 Å². The van der Waals surface area contributed by atoms with Crippen LogP contribution in [-0.4, -0.2) is 20.9 Å². The van der Waals surface area contributed by atoms with Gasteiger partial charge in [-0.05, 0) is 60.9 Å². The molecule has 0 aliphatic carbocycles. The van der Waals surface area contributed by atoms with Crippen molar-refractivity contribution in [2.45, 2.75) is 19.8 Å². The van der Waals surface area contributed by atoms with Crippen LogP contribution >= 0.6 is 0 Å². The van der Waals surface area contributed by atoms with Crippen molar-refractivity contribution in [3.63, 3.8) is 0 Å². The normalized spacial score (nSPS) is 11.6. The summed E-state index contributed by atoms with van der Waals surface area (Å²) >= 11 is 0. The minimum absolute atomic E-state index is 0.0549. The first-order chi connectivity index (χ1) is 17.6. The van der Waals surface area contributed by atoms with Gasteiger partial charge in [-0.2, -0.15) is 0 Å². The maximum atomic E-state index is 14.1. The number of para-hydroxylation sites is 1. The van der Waals surface area contributed by atoms with Crippen molar-refractivity contribution in [1.29, 1.82) is 0 Å². The van der Waals surface area contributed by atoms with Crippen LogP contribution in [-0.2, 0) is 4.79 Å². The van der Waals surface area contributed by atoms with E-state index in [4.69, 9.17) is 0 Å². The third-order valence-corrected chi connectivity index (χ3v) is 6.26. The van der Waals surface area contributed by atoms with Crippen molar-refractivity contribution >= 4 is 17.3 Å². The highest BCUT2D eigenvalue weighted by Gasteiger charge is 2.27. The van der Waals surface area contributed by atoms with Crippen molar-refractivity contribution in [1.82, 2.24) is 15.0 Å². The molecule has 5 rings (SSSR count). The maximum Gasteiger partial charge on any atom is 0.238 e. The number of aryl methyl sites for hydroxylation is 1. The van der Waals surface area contributed by atoms with Crippen molar-refractivity contribution in [2.75, 3.05) is 4.90 Å². The van der Waals surface area contributed by atoms with Crippen LogP contribution in [0.3, 0.4) is 0 Å². The maximum absolute atomic E-state index is 14.1. The lowest BCUT2D eigenvalue weighted by atomic mass is 9.98. The number of pyridine rings is 1. The Labute approximate surface area is 211 Å². The number of benzene rings is 3. The van der Waals surface area contributed by atoms with E-state index in [2.05, 4.69) is 39.2 Å². The summed E-state index contributed by atoms with van der Waals surface area (Å²) in [5, 5.41) is 0. The molecule has 2 aromatic heterocycles. The van der Waals surface area contributed by atoms with E-state index in [-0.39, 0.29) is 5.91 Å². The smallest absolute Gasteiger partial charge is 0.238 e. The van der Waals surface area contributed by atoms with Gasteiger partial charge >= 0.3 is 0 Å². The third kappa shape index (κ3) is 4.77. The number of nitrogens with zero attached hydrogens (tertiary/aromatic N) is 4. The van der Waals surface area contributed by atoms with Gasteiger partial charge in [-0.15, -0.1) is 0 Å². The van der Waals surface area contributed by atoms with Crippen LogP contribution in [0.4, 0.5) is 11.4 Å². The van der Waals surface area contributed by atoms with Crippen molar-refractivity contribution in [3.8, 4) is 22.3 Å². The van der Waals surface area contributed by atoms with Crippen LogP contribution < -0.4 is 4.90 Å². The predicted octanol–water partition coefficient (Wildman–Crippen LogP) is 6.98. The molecule has 0 saturated heterocycles. The van der Waals surface area contributed by atoms with Crippen LogP contribution in [0.1, 0.15) is 24.1 Å². The molecule has 1 amide bonds. The van der Waals surface area contributed by atoms with E-state index in [0.717, 1.165) is 44.9 Å². The molecule has 0 aliphatic rings. The molecule has 5 nitrogen and oxygen atoms in total. The Morgan fingerprint density at radius 2 is 1.47 bits per heavy atom. The monoisotopic (exact) mass is 470 g/mol. The molecule has 0 N–H and O–H groups in total. The molecule has 5 heteroatoms. The molecule has 2 heterocycles. The van der Waals surface area contributed by atoms with Gasteiger partial charge in [0.25, 0.3) is 0 Å². The summed E-state index contributed by atoms with van der Waals surface area (Å²) in [6.07, 6.45) is 6.69. The van der Waals surface area contributed by atoms with E-state index in [1.165, 1.54) is 6.33 Å². The number of rotatable bonds is 6. The van der Waals surface area contributed by atoms with Gasteiger partial charge in [0.1, 0.15) is 6.33 Å². The number of amides is 1. The number of carbonyl (C=O) groups is 1. The number of hydrogen-bond donors (Lipinski definition) is 0. The van der Waals surface area contributed by atoms with Gasteiger partial charge in [0.15, 0.2) is 0 Å². The fourth-order valence-electron chi connectivity index (χ4n) is 4.31. The Morgan fingerprint density at radius 1 is 0.778 bits per heavy atom. The van der Waals surface area contributed by atoms with Crippen LogP contribution in [0.2, 0.25) is 0 Å². The summed E-state index contributed by atoms with van der Waals surface area (Å²) in [4.78, 5) is 28.4. The second-order valence-electron chi connectivity index (χ2n) is 8.68. The average molecular weight is 471 g/mol. The van der Waals surface area contributed by atoms with Crippen molar-refractivity contribution < 1.29 is 4.79 Å². The fourth-order valence-corrected chi connectivity index (χ4v) is 4.31. The number of carbonyl (C=O) groups excluding carboxylic acids is 1. The van der Waals surface area contributed by atoms with Crippen molar-refractivity contribution in [2.24, 2.45) is 0 Å². The Balaban J connectivity index is 1.61. The van der Waals surface area contributed by atoms with Gasteiger partial charge in [0, 0.05) is 41.1 Å². The highest BCUT2D eigenvalue weighted by atomic mass is 16.2. The minimum atomic E-state index is -0.433. The molecular weight excluding hydrogens is 444 g/mol. The van der Waals surface area contributed by atoms with Crippen molar-refractivity contribution in [3.05, 3.63) is 127 Å². The van der Waals surface area contributed by atoms with Crippen LogP contribution in [0.5, 0.6) is 0 Å². The molecule has 0 saturated carbocycles. The molecule has 36 heavy (non-hydrogen) atoms. The second kappa shape index (κ2) is 10.3. The average Bonchev–Trinajstić information content (AvgIpc) is 2.94. The molecule has 0 aliphatic heterocycles. The van der Waals surface area contributed by atoms with Gasteiger partial charge in [0.2, 0.25) is 5.91 Å². The molecule has 176 valence electrons. The summed E-state index contributed by atoms with van der Waals surface area (Å²) in [5.74, 6) is -0.488. The molecular formula is C31H26N4O. The summed E-state index contributed by atoms with van der Waals surface area (Å²) in [5.41, 5.74) is 7.54. The zero-order valence-corrected chi connectivity index (χ0v) is 20.2. The van der Waals surface area contributed by atoms with Gasteiger partial charge in [0.05, 0.1) is 11.6 Å². The zero-order chi connectivity index (χ0) is 24.9. The molecule has 0 spiro atoms. The van der Waals surface area contributed by atoms with Gasteiger partial charge < -0.3 is 0 Å². The molecule has 1 atom stereocenters. The summed E-state index contributed by atoms with van der Waals surface area (Å²) in [6.45, 7) is 3.88. The molecule has 0 fully saturated rings. The Kier molecular flexibility index (Phi) is 6.63. The Morgan fingerprint density at radius 3 is 2.19 bits per heavy atom. The Hall–Kier alpha value is -4.64. The third-order valence-electron chi connectivity index (χ3n) is 6.26. The summed E-state index contributed by atoms with van der Waals surface area (Å²) < 4.78 is 0. The minimum Gasteiger partial charge on any atom is -0.280 e. The molecule has 5 aromatic rings. The van der Waals surface area contributed by atoms with E-state index >= 15 is 0 Å². The lowest BCUT2D eigenvalue weighted by molar-refractivity contribution is -0.119. The summed E-state index contributed by atoms with van der Waals surface area (Å²) in [6, 6.07) is 30.3. The van der Waals surface area contributed by atoms with E-state index in [1.807, 2.05) is 91.7 Å². The van der Waals surface area contributed by atoms with Gasteiger partial charge in [-0.25, -0.2) is 9.97 Å². The van der Waals surface area contributed by atoms with E-state index in [0.29, 0.717) is 0 Å². The standard InChI is InChI=1S/C31H26N4O/c1-22-18-26(16-17-34-22)24-12-14-28(15-13-24)35(31(36)23(2)27-19-32-21-33-20-27)30-11-7-6-10-29(30)25-8-4-3-5-9-25/h3-21,23H,1-2H3. The predicted molar refractivity (Wildman–Crippen MR) is 144 cm³/mol. The number of anilines is 2. The zero-order valence-electron chi connectivity index (χ0n) is 20.2. The molecule has 1 unspecified atom stereocenters. The number of aromatic nitrogens is 3. The lowest BCUT2D eigenvalue weighted by Gasteiger charge is -2.28. The molecule has 0 bridgehead atoms. The summed E-state index contributed by atoms with van der Waals surface area (Å²) in [7, 11) is 0. The van der Waals surface area contributed by atoms with Crippen LogP contribution in [0.25, 0.3) is 22.3 Å².